The Labute approximate surface area is 193 Å². The molecule has 2 aromatic rings. The third-order valence-electron chi connectivity index (χ3n) is 4.82. The van der Waals surface area contributed by atoms with E-state index in [2.05, 4.69) is 10.1 Å². The molecule has 2 aliphatic heterocycles. The lowest BCUT2D eigenvalue weighted by atomic mass is 10.0. The molecule has 0 spiro atoms. The quantitative estimate of drug-likeness (QED) is 0.536. The van der Waals surface area contributed by atoms with Crippen LogP contribution in [0.3, 0.4) is 0 Å². The number of nitrogens with zero attached hydrogens (tertiary/aromatic N) is 4. The minimum Gasteiger partial charge on any atom is -0.454 e. The summed E-state index contributed by atoms with van der Waals surface area (Å²) in [4.78, 5) is 19.6. The van der Waals surface area contributed by atoms with Crippen molar-refractivity contribution in [2.24, 2.45) is 5.10 Å². The first kappa shape index (κ1) is 21.5. The van der Waals surface area contributed by atoms with E-state index in [9.17, 15) is 4.79 Å². The number of carbonyl (C=O) groups excluding carboxylic acids is 1. The molecule has 3 heterocycles. The number of hydrazone groups is 1. The van der Waals surface area contributed by atoms with Crippen LogP contribution in [0.15, 0.2) is 23.3 Å². The van der Waals surface area contributed by atoms with Crippen LogP contribution < -0.4 is 14.4 Å². The van der Waals surface area contributed by atoms with Crippen LogP contribution in [-0.4, -0.2) is 53.3 Å². The van der Waals surface area contributed by atoms with Crippen LogP contribution in [-0.2, 0) is 4.79 Å². The summed E-state index contributed by atoms with van der Waals surface area (Å²) in [5, 5.41) is 7.14. The van der Waals surface area contributed by atoms with Gasteiger partial charge in [-0.2, -0.15) is 5.10 Å². The Kier molecular flexibility index (Phi) is 6.57. The number of fused-ring (bicyclic) bond motifs is 1. The molecular weight excluding hydrogens is 471 g/mol. The summed E-state index contributed by atoms with van der Waals surface area (Å²) in [5.74, 6) is 2.10. The fourth-order valence-electron chi connectivity index (χ4n) is 3.41. The Bertz CT molecular complexity index is 978. The minimum absolute atomic E-state index is 0.167. The van der Waals surface area contributed by atoms with E-state index in [1.165, 1.54) is 23.3 Å². The highest BCUT2D eigenvalue weighted by molar-refractivity contribution is 7.16. The summed E-state index contributed by atoms with van der Waals surface area (Å²) in [6.07, 6.45) is 0.519. The molecule has 1 aromatic carbocycles. The Morgan fingerprint density at radius 1 is 1.27 bits per heavy atom. The van der Waals surface area contributed by atoms with Gasteiger partial charge in [-0.05, 0) is 18.2 Å². The molecule has 0 saturated carbocycles. The van der Waals surface area contributed by atoms with Gasteiger partial charge < -0.3 is 14.4 Å². The summed E-state index contributed by atoms with van der Waals surface area (Å²) in [5.41, 5.74) is 1.65. The van der Waals surface area contributed by atoms with Crippen LogP contribution in [0.5, 0.6) is 11.5 Å². The van der Waals surface area contributed by atoms with Gasteiger partial charge in [0, 0.05) is 43.8 Å². The number of aromatic nitrogens is 1. The molecule has 2 aliphatic rings. The Hall–Kier alpha value is -1.74. The molecule has 160 valence electrons. The van der Waals surface area contributed by atoms with E-state index in [0.29, 0.717) is 47.9 Å². The molecule has 0 N–H and O–H groups in total. The van der Waals surface area contributed by atoms with Crippen molar-refractivity contribution < 1.29 is 14.3 Å². The number of rotatable bonds is 7. The van der Waals surface area contributed by atoms with Crippen LogP contribution >= 0.6 is 46.1 Å². The molecule has 7 nitrogen and oxygen atoms in total. The number of benzene rings is 1. The highest BCUT2D eigenvalue weighted by Crippen LogP contribution is 2.42. The molecule has 0 saturated heterocycles. The smallest absolute Gasteiger partial charge is 0.240 e. The molecule has 4 rings (SSSR count). The van der Waals surface area contributed by atoms with Crippen molar-refractivity contribution in [2.75, 3.05) is 36.5 Å². The van der Waals surface area contributed by atoms with Gasteiger partial charge in [0.05, 0.1) is 16.6 Å². The van der Waals surface area contributed by atoms with Crippen molar-refractivity contribution in [1.29, 1.82) is 0 Å². The van der Waals surface area contributed by atoms with Crippen molar-refractivity contribution in [3.05, 3.63) is 33.8 Å². The van der Waals surface area contributed by atoms with E-state index in [4.69, 9.17) is 44.3 Å². The summed E-state index contributed by atoms with van der Waals surface area (Å²) in [6.45, 7) is 2.91. The summed E-state index contributed by atoms with van der Waals surface area (Å²) in [6, 6.07) is 5.31. The van der Waals surface area contributed by atoms with E-state index in [1.807, 2.05) is 23.1 Å². The molecular formula is C19H19Cl3N4O3S. The van der Waals surface area contributed by atoms with E-state index < -0.39 is 0 Å². The summed E-state index contributed by atoms with van der Waals surface area (Å²) >= 11 is 19.8. The number of halogens is 3. The molecule has 30 heavy (non-hydrogen) atoms. The zero-order valence-corrected chi connectivity index (χ0v) is 19.2. The van der Waals surface area contributed by atoms with Crippen LogP contribution in [0.2, 0.25) is 5.15 Å². The molecule has 1 unspecified atom stereocenters. The number of thiazole rings is 1. The number of ether oxygens (including phenoxy) is 2. The van der Waals surface area contributed by atoms with E-state index >= 15 is 0 Å². The molecule has 0 fully saturated rings. The maximum Gasteiger partial charge on any atom is 0.240 e. The molecule has 1 amide bonds. The van der Waals surface area contributed by atoms with Gasteiger partial charge in [-0.1, -0.05) is 22.9 Å². The fourth-order valence-corrected chi connectivity index (χ4v) is 5.28. The van der Waals surface area contributed by atoms with Crippen LogP contribution in [0, 0.1) is 0 Å². The number of carbonyl (C=O) groups is 1. The second-order valence-electron chi connectivity index (χ2n) is 6.71. The number of hydrogen-bond acceptors (Lipinski definition) is 7. The molecule has 0 bridgehead atoms. The van der Waals surface area contributed by atoms with Crippen molar-refractivity contribution in [1.82, 2.24) is 9.99 Å². The topological polar surface area (TPSA) is 67.3 Å². The van der Waals surface area contributed by atoms with Gasteiger partial charge >= 0.3 is 0 Å². The maximum atomic E-state index is 12.3. The normalized spacial score (nSPS) is 17.4. The van der Waals surface area contributed by atoms with E-state index in [0.717, 1.165) is 21.3 Å². The third-order valence-corrected chi connectivity index (χ3v) is 6.77. The van der Waals surface area contributed by atoms with Gasteiger partial charge in [0.1, 0.15) is 5.15 Å². The van der Waals surface area contributed by atoms with Gasteiger partial charge in [0.15, 0.2) is 16.6 Å². The van der Waals surface area contributed by atoms with Crippen molar-refractivity contribution in [2.45, 2.75) is 19.4 Å². The average molecular weight is 490 g/mol. The summed E-state index contributed by atoms with van der Waals surface area (Å²) < 4.78 is 10.8. The Balaban J connectivity index is 1.62. The monoisotopic (exact) mass is 488 g/mol. The Morgan fingerprint density at radius 3 is 2.70 bits per heavy atom. The zero-order chi connectivity index (χ0) is 21.3. The van der Waals surface area contributed by atoms with E-state index in [-0.39, 0.29) is 18.7 Å². The first-order valence-corrected chi connectivity index (χ1v) is 11.6. The van der Waals surface area contributed by atoms with Crippen molar-refractivity contribution in [3.8, 4) is 11.5 Å². The lowest BCUT2D eigenvalue weighted by Gasteiger charge is -2.20. The third kappa shape index (κ3) is 4.19. The van der Waals surface area contributed by atoms with Gasteiger partial charge in [-0.15, -0.1) is 23.2 Å². The van der Waals surface area contributed by atoms with Gasteiger partial charge in [0.2, 0.25) is 12.7 Å². The zero-order valence-electron chi connectivity index (χ0n) is 16.1. The molecule has 1 aromatic heterocycles. The number of hydrogen-bond donors (Lipinski definition) is 0. The molecule has 11 heteroatoms. The average Bonchev–Trinajstić information content (AvgIpc) is 3.44. The SMILES string of the molecule is CC(=O)N1N=C(c2ccc3c(c2)OCO3)CC1c1sc(N(CCCl)CCCl)nc1Cl. The maximum absolute atomic E-state index is 12.3. The number of amides is 1. The molecule has 0 radical (unpaired) electrons. The number of alkyl halides is 2. The van der Waals surface area contributed by atoms with Crippen LogP contribution in [0.25, 0.3) is 0 Å². The lowest BCUT2D eigenvalue weighted by Crippen LogP contribution is -2.27. The molecule has 1 atom stereocenters. The van der Waals surface area contributed by atoms with Gasteiger partial charge in [-0.25, -0.2) is 9.99 Å². The van der Waals surface area contributed by atoms with Crippen LogP contribution in [0.4, 0.5) is 5.13 Å². The fraction of sp³-hybridized carbons (Fsp3) is 0.421. The minimum atomic E-state index is -0.324. The first-order chi connectivity index (χ1) is 14.5. The summed E-state index contributed by atoms with van der Waals surface area (Å²) in [7, 11) is 0. The predicted molar refractivity (Wildman–Crippen MR) is 120 cm³/mol. The predicted octanol–water partition coefficient (Wildman–Crippen LogP) is 4.51. The molecule has 0 aliphatic carbocycles. The highest BCUT2D eigenvalue weighted by Gasteiger charge is 2.35. The van der Waals surface area contributed by atoms with E-state index in [1.54, 1.807) is 0 Å². The standard InChI is InChI=1S/C19H19Cl3N4O3S/c1-11(27)26-14(17-18(22)23-19(30-17)25(6-4-20)7-5-21)9-13(24-26)12-2-3-15-16(8-12)29-10-28-15/h2-3,8,14H,4-7,9-10H2,1H3. The van der Waals surface area contributed by atoms with Crippen molar-refractivity contribution >= 4 is 62.9 Å². The second kappa shape index (κ2) is 9.18. The van der Waals surface area contributed by atoms with Crippen molar-refractivity contribution in [3.63, 3.8) is 0 Å². The van der Waals surface area contributed by atoms with Crippen LogP contribution in [0.1, 0.15) is 29.8 Å². The van der Waals surface area contributed by atoms with Gasteiger partial charge in [0.25, 0.3) is 0 Å². The second-order valence-corrected chi connectivity index (χ2v) is 8.84. The first-order valence-electron chi connectivity index (χ1n) is 9.32. The Morgan fingerprint density at radius 2 is 2.00 bits per heavy atom. The number of anilines is 1. The van der Waals surface area contributed by atoms with Gasteiger partial charge in [-0.3, -0.25) is 4.79 Å². The lowest BCUT2D eigenvalue weighted by molar-refractivity contribution is -0.130. The highest BCUT2D eigenvalue weighted by atomic mass is 35.5. The largest absolute Gasteiger partial charge is 0.454 e.